The molecule has 1 unspecified atom stereocenters. The Morgan fingerprint density at radius 1 is 1.47 bits per heavy atom. The molecule has 17 heavy (non-hydrogen) atoms. The molecule has 1 atom stereocenters. The summed E-state index contributed by atoms with van der Waals surface area (Å²) in [6, 6.07) is 4.81. The van der Waals surface area contributed by atoms with Gasteiger partial charge in [0.15, 0.2) is 9.84 Å². The van der Waals surface area contributed by atoms with Gasteiger partial charge in [0.2, 0.25) is 0 Å². The van der Waals surface area contributed by atoms with E-state index in [2.05, 4.69) is 15.9 Å². The van der Waals surface area contributed by atoms with Crippen LogP contribution in [0.25, 0.3) is 0 Å². The van der Waals surface area contributed by atoms with Gasteiger partial charge in [-0.1, -0.05) is 15.9 Å². The molecule has 0 spiro atoms. The zero-order chi connectivity index (χ0) is 12.5. The summed E-state index contributed by atoms with van der Waals surface area (Å²) in [5, 5.41) is 0. The molecular formula is C11H14BrNO3S. The minimum atomic E-state index is -3.36. The quantitative estimate of drug-likeness (QED) is 0.865. The molecule has 6 heteroatoms. The molecule has 0 aromatic heterocycles. The van der Waals surface area contributed by atoms with Crippen molar-refractivity contribution >= 4 is 31.5 Å². The Bertz CT molecular complexity index is 509. The first-order valence-corrected chi connectivity index (χ1v) is 7.83. The summed E-state index contributed by atoms with van der Waals surface area (Å²) in [5.41, 5.74) is 6.01. The number of sulfone groups is 1. The number of halogens is 1. The van der Waals surface area contributed by atoms with Gasteiger partial charge in [0.1, 0.15) is 0 Å². The molecule has 0 bridgehead atoms. The molecule has 1 aromatic rings. The van der Waals surface area contributed by atoms with E-state index < -0.39 is 9.84 Å². The first kappa shape index (κ1) is 12.9. The average Bonchev–Trinajstić information content (AvgIpc) is 2.68. The van der Waals surface area contributed by atoms with Crippen molar-refractivity contribution in [3.63, 3.8) is 0 Å². The number of hydrogen-bond donors (Lipinski definition) is 1. The zero-order valence-electron chi connectivity index (χ0n) is 9.23. The van der Waals surface area contributed by atoms with Gasteiger partial charge in [0.05, 0.1) is 22.4 Å². The fraction of sp³-hybridized carbons (Fsp3) is 0.455. The highest BCUT2D eigenvalue weighted by Crippen LogP contribution is 2.26. The molecule has 4 nitrogen and oxygen atoms in total. The van der Waals surface area contributed by atoms with Crippen LogP contribution in [0.3, 0.4) is 0 Å². The number of benzene rings is 1. The van der Waals surface area contributed by atoms with Gasteiger partial charge in [0.25, 0.3) is 0 Å². The Morgan fingerprint density at radius 2 is 2.24 bits per heavy atom. The maximum atomic E-state index is 12.1. The Kier molecular flexibility index (Phi) is 3.75. The smallest absolute Gasteiger partial charge is 0.182 e. The Hall–Kier alpha value is -0.590. The lowest BCUT2D eigenvalue weighted by Crippen LogP contribution is -2.21. The van der Waals surface area contributed by atoms with Crippen LogP contribution < -0.4 is 5.73 Å². The van der Waals surface area contributed by atoms with E-state index >= 15 is 0 Å². The zero-order valence-corrected chi connectivity index (χ0v) is 11.6. The van der Waals surface area contributed by atoms with Crippen LogP contribution in [0.1, 0.15) is 12.8 Å². The molecule has 2 rings (SSSR count). The second-order valence-electron chi connectivity index (χ2n) is 4.10. The van der Waals surface area contributed by atoms with Crippen molar-refractivity contribution in [2.24, 2.45) is 0 Å². The van der Waals surface area contributed by atoms with Gasteiger partial charge in [-0.25, -0.2) is 8.42 Å². The SMILES string of the molecule is Nc1cc(Br)ccc1S(=O)(=O)CC1CCCO1. The third-order valence-corrected chi connectivity index (χ3v) is 5.08. The van der Waals surface area contributed by atoms with Crippen LogP contribution in [0.4, 0.5) is 5.69 Å². The Morgan fingerprint density at radius 3 is 2.82 bits per heavy atom. The van der Waals surface area contributed by atoms with Gasteiger partial charge in [-0.2, -0.15) is 0 Å². The predicted molar refractivity (Wildman–Crippen MR) is 69.6 cm³/mol. The highest BCUT2D eigenvalue weighted by molar-refractivity contribution is 9.10. The number of anilines is 1. The largest absolute Gasteiger partial charge is 0.398 e. The molecule has 1 aliphatic heterocycles. The molecule has 0 aliphatic carbocycles. The third-order valence-electron chi connectivity index (χ3n) is 2.74. The molecule has 1 saturated heterocycles. The lowest BCUT2D eigenvalue weighted by Gasteiger charge is -2.12. The molecular weight excluding hydrogens is 306 g/mol. The molecule has 0 radical (unpaired) electrons. The Balaban J connectivity index is 2.24. The van der Waals surface area contributed by atoms with Crippen LogP contribution in [0.2, 0.25) is 0 Å². The molecule has 1 aromatic carbocycles. The van der Waals surface area contributed by atoms with Gasteiger partial charge >= 0.3 is 0 Å². The first-order chi connectivity index (χ1) is 7.99. The van der Waals surface area contributed by atoms with Crippen LogP contribution in [-0.4, -0.2) is 26.9 Å². The van der Waals surface area contributed by atoms with E-state index in [0.717, 1.165) is 17.3 Å². The van der Waals surface area contributed by atoms with Crippen molar-refractivity contribution in [3.8, 4) is 0 Å². The summed E-state index contributed by atoms with van der Waals surface area (Å²) >= 11 is 3.25. The average molecular weight is 320 g/mol. The lowest BCUT2D eigenvalue weighted by atomic mass is 10.3. The van der Waals surface area contributed by atoms with E-state index in [-0.39, 0.29) is 22.4 Å². The van der Waals surface area contributed by atoms with E-state index in [1.165, 1.54) is 6.07 Å². The summed E-state index contributed by atoms with van der Waals surface area (Å²) in [6.07, 6.45) is 1.54. The van der Waals surface area contributed by atoms with E-state index in [0.29, 0.717) is 6.61 Å². The number of nitrogens with two attached hydrogens (primary N) is 1. The highest BCUT2D eigenvalue weighted by atomic mass is 79.9. The lowest BCUT2D eigenvalue weighted by molar-refractivity contribution is 0.127. The van der Waals surface area contributed by atoms with Crippen molar-refractivity contribution in [1.82, 2.24) is 0 Å². The third kappa shape index (κ3) is 3.00. The van der Waals surface area contributed by atoms with E-state index in [9.17, 15) is 8.42 Å². The molecule has 2 N–H and O–H groups in total. The van der Waals surface area contributed by atoms with Crippen LogP contribution in [-0.2, 0) is 14.6 Å². The second kappa shape index (κ2) is 4.96. The maximum Gasteiger partial charge on any atom is 0.182 e. The van der Waals surface area contributed by atoms with Crippen molar-refractivity contribution in [1.29, 1.82) is 0 Å². The second-order valence-corrected chi connectivity index (χ2v) is 7.02. The van der Waals surface area contributed by atoms with Crippen molar-refractivity contribution in [2.45, 2.75) is 23.8 Å². The fourth-order valence-electron chi connectivity index (χ4n) is 1.91. The van der Waals surface area contributed by atoms with Gasteiger partial charge in [-0.05, 0) is 31.0 Å². The number of ether oxygens (including phenoxy) is 1. The number of nitrogen functional groups attached to an aromatic ring is 1. The van der Waals surface area contributed by atoms with Crippen molar-refractivity contribution in [2.75, 3.05) is 18.1 Å². The van der Waals surface area contributed by atoms with Gasteiger partial charge < -0.3 is 10.5 Å². The summed E-state index contributed by atoms with van der Waals surface area (Å²) in [7, 11) is -3.36. The monoisotopic (exact) mass is 319 g/mol. The topological polar surface area (TPSA) is 69.4 Å². The summed E-state index contributed by atoms with van der Waals surface area (Å²) in [4.78, 5) is 0.191. The van der Waals surface area contributed by atoms with E-state index in [1.807, 2.05) is 0 Å². The molecule has 1 aliphatic rings. The van der Waals surface area contributed by atoms with Crippen LogP contribution >= 0.6 is 15.9 Å². The van der Waals surface area contributed by atoms with E-state index in [1.54, 1.807) is 12.1 Å². The number of rotatable bonds is 3. The van der Waals surface area contributed by atoms with Crippen LogP contribution in [0.15, 0.2) is 27.6 Å². The maximum absolute atomic E-state index is 12.1. The van der Waals surface area contributed by atoms with Crippen LogP contribution in [0, 0.1) is 0 Å². The summed E-state index contributed by atoms with van der Waals surface area (Å²) in [5.74, 6) is 0.0127. The van der Waals surface area contributed by atoms with Crippen LogP contribution in [0.5, 0.6) is 0 Å². The molecule has 0 saturated carbocycles. The fourth-order valence-corrected chi connectivity index (χ4v) is 3.92. The highest BCUT2D eigenvalue weighted by Gasteiger charge is 2.26. The minimum absolute atomic E-state index is 0.0127. The van der Waals surface area contributed by atoms with Crippen molar-refractivity contribution in [3.05, 3.63) is 22.7 Å². The summed E-state index contributed by atoms with van der Waals surface area (Å²) < 4.78 is 30.4. The number of hydrogen-bond acceptors (Lipinski definition) is 4. The van der Waals surface area contributed by atoms with Crippen molar-refractivity contribution < 1.29 is 13.2 Å². The van der Waals surface area contributed by atoms with E-state index in [4.69, 9.17) is 10.5 Å². The molecule has 0 amide bonds. The van der Waals surface area contributed by atoms with Gasteiger partial charge in [0, 0.05) is 11.1 Å². The molecule has 1 fully saturated rings. The Labute approximate surface area is 109 Å². The van der Waals surface area contributed by atoms with Gasteiger partial charge in [-0.3, -0.25) is 0 Å². The normalized spacial score (nSPS) is 20.6. The summed E-state index contributed by atoms with van der Waals surface area (Å²) in [6.45, 7) is 0.649. The standard InChI is InChI=1S/C11H14BrNO3S/c12-8-3-4-11(10(13)6-8)17(14,15)7-9-2-1-5-16-9/h3-4,6,9H,1-2,5,7,13H2. The first-order valence-electron chi connectivity index (χ1n) is 5.38. The van der Waals surface area contributed by atoms with Gasteiger partial charge in [-0.15, -0.1) is 0 Å². The minimum Gasteiger partial charge on any atom is -0.398 e. The molecule has 94 valence electrons. The molecule has 1 heterocycles. The predicted octanol–water partition coefficient (Wildman–Crippen LogP) is 1.98.